The first-order valence-electron chi connectivity index (χ1n) is 5.02. The number of benzene rings is 1. The molecule has 1 aromatic carbocycles. The van der Waals surface area contributed by atoms with Crippen LogP contribution in [0.15, 0.2) is 18.2 Å². The molecule has 1 aromatic rings. The van der Waals surface area contributed by atoms with E-state index in [-0.39, 0.29) is 12.5 Å². The van der Waals surface area contributed by atoms with Crippen molar-refractivity contribution in [1.29, 1.82) is 0 Å². The molecule has 1 aliphatic rings. The molecule has 0 fully saturated rings. The molecule has 5 nitrogen and oxygen atoms in total. The second kappa shape index (κ2) is 4.63. The van der Waals surface area contributed by atoms with Gasteiger partial charge in [-0.1, -0.05) is 6.07 Å². The van der Waals surface area contributed by atoms with Crippen LogP contribution in [-0.2, 0) is 11.3 Å². The Morgan fingerprint density at radius 3 is 3.06 bits per heavy atom. The van der Waals surface area contributed by atoms with Crippen LogP contribution in [0.25, 0.3) is 0 Å². The van der Waals surface area contributed by atoms with Crippen LogP contribution in [0.1, 0.15) is 5.56 Å². The third kappa shape index (κ3) is 2.68. The number of halogens is 1. The first kappa shape index (κ1) is 11.7. The number of fused-ring (bicyclic) bond motifs is 1. The molecule has 0 spiro atoms. The van der Waals surface area contributed by atoms with E-state index in [0.29, 0.717) is 18.0 Å². The summed E-state index contributed by atoms with van der Waals surface area (Å²) in [6, 6.07) is 5.35. The Hall–Kier alpha value is -1.75. The molecule has 2 rings (SSSR count). The van der Waals surface area contributed by atoms with Crippen molar-refractivity contribution in [2.75, 3.05) is 19.0 Å². The van der Waals surface area contributed by atoms with E-state index in [2.05, 4.69) is 5.32 Å². The van der Waals surface area contributed by atoms with Crippen molar-refractivity contribution in [2.24, 2.45) is 0 Å². The lowest BCUT2D eigenvalue weighted by Gasteiger charge is -2.20. The fourth-order valence-electron chi connectivity index (χ4n) is 1.56. The lowest BCUT2D eigenvalue weighted by atomic mass is 10.1. The topological polar surface area (TPSA) is 58.6 Å². The number of ether oxygens (including phenoxy) is 1. The minimum absolute atomic E-state index is 0.0341. The summed E-state index contributed by atoms with van der Waals surface area (Å²) in [4.78, 5) is 23.4. The van der Waals surface area contributed by atoms with Gasteiger partial charge in [0.15, 0.2) is 6.61 Å². The van der Waals surface area contributed by atoms with E-state index >= 15 is 0 Å². The molecule has 0 saturated carbocycles. The molecule has 0 saturated heterocycles. The summed E-state index contributed by atoms with van der Waals surface area (Å²) >= 11 is 5.34. The maximum absolute atomic E-state index is 11.1. The van der Waals surface area contributed by atoms with Crippen molar-refractivity contribution in [3.05, 3.63) is 23.8 Å². The molecular formula is C11H11ClN2O3. The minimum atomic E-state index is -0.525. The van der Waals surface area contributed by atoms with Gasteiger partial charge in [-0.3, -0.25) is 9.59 Å². The standard InChI is InChI=1S/C11H11ClN2O3/c1-14(11(12)16)5-7-2-3-9-8(4-7)13-10(15)6-17-9/h2-4H,5-6H2,1H3,(H,13,15). The summed E-state index contributed by atoms with van der Waals surface area (Å²) in [5.74, 6) is 0.449. The van der Waals surface area contributed by atoms with Gasteiger partial charge in [0.25, 0.3) is 5.91 Å². The molecule has 0 aromatic heterocycles. The van der Waals surface area contributed by atoms with Crippen molar-refractivity contribution in [3.63, 3.8) is 0 Å². The summed E-state index contributed by atoms with van der Waals surface area (Å²) in [5.41, 5.74) is 1.49. The number of amides is 2. The molecule has 2 amide bonds. The molecule has 0 radical (unpaired) electrons. The second-order valence-electron chi connectivity index (χ2n) is 3.78. The fraction of sp³-hybridized carbons (Fsp3) is 0.273. The maximum atomic E-state index is 11.1. The van der Waals surface area contributed by atoms with Crippen LogP contribution in [0.5, 0.6) is 5.75 Å². The number of hydrogen-bond acceptors (Lipinski definition) is 3. The van der Waals surface area contributed by atoms with Gasteiger partial charge < -0.3 is 15.0 Å². The Bertz CT molecular complexity index is 476. The Balaban J connectivity index is 2.18. The predicted octanol–water partition coefficient (Wildman–Crippen LogP) is 1.81. The molecule has 0 aliphatic carbocycles. The molecule has 90 valence electrons. The first-order valence-corrected chi connectivity index (χ1v) is 5.40. The molecule has 1 N–H and O–H groups in total. The summed E-state index contributed by atoms with van der Waals surface area (Å²) in [5, 5.41) is 2.18. The van der Waals surface area contributed by atoms with Gasteiger partial charge in [-0.15, -0.1) is 0 Å². The smallest absolute Gasteiger partial charge is 0.316 e. The zero-order chi connectivity index (χ0) is 12.4. The number of carbonyl (C=O) groups excluding carboxylic acids is 2. The van der Waals surface area contributed by atoms with Gasteiger partial charge in [0.05, 0.1) is 5.69 Å². The van der Waals surface area contributed by atoms with Crippen molar-refractivity contribution in [2.45, 2.75) is 6.54 Å². The van der Waals surface area contributed by atoms with Crippen LogP contribution >= 0.6 is 11.6 Å². The van der Waals surface area contributed by atoms with E-state index in [9.17, 15) is 9.59 Å². The van der Waals surface area contributed by atoms with Crippen LogP contribution in [-0.4, -0.2) is 29.8 Å². The average Bonchev–Trinajstić information content (AvgIpc) is 2.28. The summed E-state index contributed by atoms with van der Waals surface area (Å²) in [6.45, 7) is 0.415. The quantitative estimate of drug-likeness (QED) is 0.647. The number of anilines is 1. The molecule has 17 heavy (non-hydrogen) atoms. The zero-order valence-corrected chi connectivity index (χ0v) is 9.95. The summed E-state index contributed by atoms with van der Waals surface area (Å²) in [7, 11) is 1.60. The highest BCUT2D eigenvalue weighted by Crippen LogP contribution is 2.28. The Labute approximate surface area is 103 Å². The second-order valence-corrected chi connectivity index (χ2v) is 4.10. The summed E-state index contributed by atoms with van der Waals surface area (Å²) in [6.07, 6.45) is 0. The van der Waals surface area contributed by atoms with Crippen molar-refractivity contribution in [1.82, 2.24) is 4.90 Å². The Kier molecular flexibility index (Phi) is 3.19. The molecule has 1 heterocycles. The zero-order valence-electron chi connectivity index (χ0n) is 9.20. The molecular weight excluding hydrogens is 244 g/mol. The lowest BCUT2D eigenvalue weighted by Crippen LogP contribution is -2.26. The molecule has 1 aliphatic heterocycles. The molecule has 6 heteroatoms. The molecule has 0 atom stereocenters. The van der Waals surface area contributed by atoms with Crippen LogP contribution in [0, 0.1) is 0 Å². The number of hydrogen-bond donors (Lipinski definition) is 1. The van der Waals surface area contributed by atoms with Crippen molar-refractivity contribution in [3.8, 4) is 5.75 Å². The predicted molar refractivity (Wildman–Crippen MR) is 63.3 cm³/mol. The largest absolute Gasteiger partial charge is 0.482 e. The van der Waals surface area contributed by atoms with Gasteiger partial charge in [0.1, 0.15) is 5.75 Å². The maximum Gasteiger partial charge on any atom is 0.316 e. The SMILES string of the molecule is CN(Cc1ccc2c(c1)NC(=O)CO2)C(=O)Cl. The Morgan fingerprint density at radius 2 is 2.35 bits per heavy atom. The van der Waals surface area contributed by atoms with E-state index in [0.717, 1.165) is 5.56 Å². The average molecular weight is 255 g/mol. The van der Waals surface area contributed by atoms with Gasteiger partial charge in [-0.05, 0) is 29.3 Å². The van der Waals surface area contributed by atoms with Crippen molar-refractivity contribution >= 4 is 28.6 Å². The van der Waals surface area contributed by atoms with Gasteiger partial charge in [0, 0.05) is 13.6 Å². The van der Waals surface area contributed by atoms with Crippen molar-refractivity contribution < 1.29 is 14.3 Å². The summed E-state index contributed by atoms with van der Waals surface area (Å²) < 4.78 is 5.22. The lowest BCUT2D eigenvalue weighted by molar-refractivity contribution is -0.118. The highest BCUT2D eigenvalue weighted by atomic mass is 35.5. The van der Waals surface area contributed by atoms with Gasteiger partial charge >= 0.3 is 5.37 Å². The molecule has 0 bridgehead atoms. The van der Waals surface area contributed by atoms with Crippen LogP contribution in [0.3, 0.4) is 0 Å². The Morgan fingerprint density at radius 1 is 1.59 bits per heavy atom. The van der Waals surface area contributed by atoms with Crippen LogP contribution in [0.2, 0.25) is 0 Å². The van der Waals surface area contributed by atoms with E-state index in [1.807, 2.05) is 6.07 Å². The minimum Gasteiger partial charge on any atom is -0.482 e. The number of rotatable bonds is 2. The number of nitrogens with zero attached hydrogens (tertiary/aromatic N) is 1. The van der Waals surface area contributed by atoms with Crippen LogP contribution < -0.4 is 10.1 Å². The van der Waals surface area contributed by atoms with E-state index in [4.69, 9.17) is 16.3 Å². The third-order valence-electron chi connectivity index (χ3n) is 2.40. The highest BCUT2D eigenvalue weighted by molar-refractivity contribution is 6.62. The van der Waals surface area contributed by atoms with Gasteiger partial charge in [0.2, 0.25) is 0 Å². The van der Waals surface area contributed by atoms with E-state index in [1.165, 1.54) is 4.90 Å². The number of carbonyl (C=O) groups is 2. The monoisotopic (exact) mass is 254 g/mol. The van der Waals surface area contributed by atoms with Gasteiger partial charge in [-0.25, -0.2) is 0 Å². The van der Waals surface area contributed by atoms with E-state index < -0.39 is 5.37 Å². The number of nitrogens with one attached hydrogen (secondary N) is 1. The van der Waals surface area contributed by atoms with Gasteiger partial charge in [-0.2, -0.15) is 0 Å². The molecule has 0 unspecified atom stereocenters. The first-order chi connectivity index (χ1) is 8.06. The third-order valence-corrected chi connectivity index (χ3v) is 2.69. The normalized spacial score (nSPS) is 13.4. The highest BCUT2D eigenvalue weighted by Gasteiger charge is 2.16. The van der Waals surface area contributed by atoms with E-state index in [1.54, 1.807) is 19.2 Å². The van der Waals surface area contributed by atoms with Crippen LogP contribution in [0.4, 0.5) is 10.5 Å². The fourth-order valence-corrected chi connectivity index (χ4v) is 1.62.